The molecule has 0 spiro atoms. The van der Waals surface area contributed by atoms with Gasteiger partial charge in [0.05, 0.1) is 34.1 Å². The van der Waals surface area contributed by atoms with Gasteiger partial charge in [-0.05, 0) is 55.7 Å². The van der Waals surface area contributed by atoms with Gasteiger partial charge in [0.25, 0.3) is 11.8 Å². The Labute approximate surface area is 227 Å². The number of hydrogen-bond donors (Lipinski definition) is 3. The van der Waals surface area contributed by atoms with Crippen LogP contribution < -0.4 is 26.6 Å². The molecule has 0 radical (unpaired) electrons. The lowest BCUT2D eigenvalue weighted by molar-refractivity contribution is 0.0998. The van der Waals surface area contributed by atoms with Gasteiger partial charge in [-0.1, -0.05) is 18.2 Å². The fourth-order valence-corrected chi connectivity index (χ4v) is 5.06. The van der Waals surface area contributed by atoms with Gasteiger partial charge >= 0.3 is 0 Å². The zero-order valence-electron chi connectivity index (χ0n) is 22.1. The lowest BCUT2D eigenvalue weighted by Crippen LogP contribution is -2.47. The monoisotopic (exact) mass is 524 g/mol. The second kappa shape index (κ2) is 10.7. The van der Waals surface area contributed by atoms with Crippen molar-refractivity contribution in [3.05, 3.63) is 83.9 Å². The molecule has 5 rings (SSSR count). The molecule has 39 heavy (non-hydrogen) atoms. The van der Waals surface area contributed by atoms with E-state index in [2.05, 4.69) is 25.2 Å². The van der Waals surface area contributed by atoms with E-state index in [-0.39, 0.29) is 12.5 Å². The Bertz CT molecular complexity index is 1540. The topological polar surface area (TPSA) is 143 Å². The zero-order chi connectivity index (χ0) is 27.6. The van der Waals surface area contributed by atoms with E-state index in [1.807, 2.05) is 55.3 Å². The van der Waals surface area contributed by atoms with E-state index >= 15 is 0 Å². The smallest absolute Gasteiger partial charge is 0.257 e. The van der Waals surface area contributed by atoms with Gasteiger partial charge in [0.2, 0.25) is 0 Å². The fraction of sp³-hybridized carbons (Fsp3) is 0.276. The molecule has 1 aliphatic rings. The first-order chi connectivity index (χ1) is 18.8. The van der Waals surface area contributed by atoms with Gasteiger partial charge in [-0.25, -0.2) is 9.97 Å². The summed E-state index contributed by atoms with van der Waals surface area (Å²) in [5, 5.41) is 3.69. The molecular weight excluding hydrogens is 492 g/mol. The van der Waals surface area contributed by atoms with Crippen LogP contribution in [0.25, 0.3) is 10.9 Å². The highest BCUT2D eigenvalue weighted by Crippen LogP contribution is 2.35. The number of pyridine rings is 1. The van der Waals surface area contributed by atoms with Crippen molar-refractivity contribution in [2.45, 2.75) is 25.3 Å². The van der Waals surface area contributed by atoms with Crippen molar-refractivity contribution in [2.24, 2.45) is 11.5 Å². The van der Waals surface area contributed by atoms with E-state index in [0.29, 0.717) is 33.5 Å². The number of anilines is 3. The second-order valence-corrected chi connectivity index (χ2v) is 9.96. The molecule has 5 N–H and O–H groups in total. The Morgan fingerprint density at radius 3 is 2.59 bits per heavy atom. The standard InChI is InChI=1S/C29H32N8O2/c1-29(17-30,36(2)27-24-10-6-9-23(26(31)38)25(24)33-18-34-27)20-7-5-8-21(14-20)35-28(39)19-13-22(16-32-15-19)37-11-3-4-12-37/h5-10,13-16,18H,3-4,11-12,17,30H2,1-2H3,(H2,31,38)(H,35,39). The highest BCUT2D eigenvalue weighted by atomic mass is 16.2. The summed E-state index contributed by atoms with van der Waals surface area (Å²) in [5.74, 6) is -0.182. The molecule has 2 aromatic carbocycles. The van der Waals surface area contributed by atoms with E-state index in [1.54, 1.807) is 24.5 Å². The quantitative estimate of drug-likeness (QED) is 0.319. The van der Waals surface area contributed by atoms with Crippen LogP contribution in [0.2, 0.25) is 0 Å². The van der Waals surface area contributed by atoms with Crippen LogP contribution in [0.3, 0.4) is 0 Å². The largest absolute Gasteiger partial charge is 0.370 e. The number of nitrogens with zero attached hydrogens (tertiary/aromatic N) is 5. The van der Waals surface area contributed by atoms with Crippen molar-refractivity contribution >= 4 is 39.9 Å². The Hall–Kier alpha value is -4.57. The van der Waals surface area contributed by atoms with Crippen molar-refractivity contribution in [2.75, 3.05) is 41.8 Å². The maximum absolute atomic E-state index is 13.1. The Morgan fingerprint density at radius 2 is 1.85 bits per heavy atom. The van der Waals surface area contributed by atoms with Crippen LogP contribution in [0.1, 0.15) is 46.0 Å². The SMILES string of the molecule is CN(c1ncnc2c(C(N)=O)cccc12)C(C)(CN)c1cccc(NC(=O)c2cncc(N3CCCC3)c2)c1. The molecule has 1 atom stereocenters. The summed E-state index contributed by atoms with van der Waals surface area (Å²) >= 11 is 0. The van der Waals surface area contributed by atoms with Gasteiger partial charge in [-0.15, -0.1) is 0 Å². The number of primary amides is 1. The maximum Gasteiger partial charge on any atom is 0.257 e. The lowest BCUT2D eigenvalue weighted by atomic mass is 9.89. The van der Waals surface area contributed by atoms with Crippen LogP contribution in [0.5, 0.6) is 0 Å². The number of nitrogens with two attached hydrogens (primary N) is 2. The van der Waals surface area contributed by atoms with Crippen LogP contribution in [0, 0.1) is 0 Å². The number of para-hydroxylation sites is 1. The fourth-order valence-electron chi connectivity index (χ4n) is 5.06. The number of carbonyl (C=O) groups excluding carboxylic acids is 2. The molecule has 0 saturated carbocycles. The van der Waals surface area contributed by atoms with Gasteiger partial charge in [0.15, 0.2) is 0 Å². The lowest BCUT2D eigenvalue weighted by Gasteiger charge is -2.40. The van der Waals surface area contributed by atoms with Crippen LogP contribution in [0.4, 0.5) is 17.2 Å². The number of amides is 2. The summed E-state index contributed by atoms with van der Waals surface area (Å²) in [6, 6.07) is 14.7. The molecule has 200 valence electrons. The first-order valence-electron chi connectivity index (χ1n) is 12.9. The minimum absolute atomic E-state index is 0.232. The van der Waals surface area contributed by atoms with Gasteiger partial charge < -0.3 is 26.6 Å². The summed E-state index contributed by atoms with van der Waals surface area (Å²) in [4.78, 5) is 42.4. The number of fused-ring (bicyclic) bond motifs is 1. The number of hydrogen-bond acceptors (Lipinski definition) is 8. The summed E-state index contributed by atoms with van der Waals surface area (Å²) in [6.07, 6.45) is 7.09. The normalized spacial score (nSPS) is 14.7. The third-order valence-corrected chi connectivity index (χ3v) is 7.56. The molecule has 0 aliphatic carbocycles. The molecule has 10 nitrogen and oxygen atoms in total. The summed E-state index contributed by atoms with van der Waals surface area (Å²) < 4.78 is 0. The summed E-state index contributed by atoms with van der Waals surface area (Å²) in [7, 11) is 1.90. The van der Waals surface area contributed by atoms with Crippen LogP contribution in [0.15, 0.2) is 67.3 Å². The second-order valence-electron chi connectivity index (χ2n) is 9.96. The van der Waals surface area contributed by atoms with E-state index in [9.17, 15) is 9.59 Å². The highest BCUT2D eigenvalue weighted by molar-refractivity contribution is 6.07. The minimum atomic E-state index is -0.706. The van der Waals surface area contributed by atoms with Gasteiger partial charge in [0.1, 0.15) is 12.1 Å². The van der Waals surface area contributed by atoms with Gasteiger partial charge in [-0.2, -0.15) is 0 Å². The van der Waals surface area contributed by atoms with Crippen LogP contribution in [-0.2, 0) is 5.54 Å². The van der Waals surface area contributed by atoms with Crippen molar-refractivity contribution < 1.29 is 9.59 Å². The van der Waals surface area contributed by atoms with Crippen molar-refractivity contribution in [3.63, 3.8) is 0 Å². The first kappa shape index (κ1) is 26.1. The third kappa shape index (κ3) is 4.98. The number of carbonyl (C=O) groups is 2. The molecule has 1 fully saturated rings. The molecule has 1 saturated heterocycles. The highest BCUT2D eigenvalue weighted by Gasteiger charge is 2.32. The van der Waals surface area contributed by atoms with Gasteiger partial charge in [-0.3, -0.25) is 14.6 Å². The Morgan fingerprint density at radius 1 is 1.08 bits per heavy atom. The number of nitrogens with one attached hydrogen (secondary N) is 1. The predicted octanol–water partition coefficient (Wildman–Crippen LogP) is 3.29. The van der Waals surface area contributed by atoms with Crippen LogP contribution in [-0.4, -0.2) is 53.4 Å². The predicted molar refractivity (Wildman–Crippen MR) is 153 cm³/mol. The first-order valence-corrected chi connectivity index (χ1v) is 12.9. The van der Waals surface area contributed by atoms with Gasteiger partial charge in [0, 0.05) is 44.0 Å². The molecule has 10 heteroatoms. The molecule has 2 amide bonds. The third-order valence-electron chi connectivity index (χ3n) is 7.56. The van der Waals surface area contributed by atoms with E-state index < -0.39 is 11.4 Å². The molecule has 4 aromatic rings. The summed E-state index contributed by atoms with van der Waals surface area (Å²) in [6.45, 7) is 4.21. The zero-order valence-corrected chi connectivity index (χ0v) is 22.1. The number of benzene rings is 2. The Kier molecular flexibility index (Phi) is 7.12. The molecule has 2 aromatic heterocycles. The minimum Gasteiger partial charge on any atom is -0.370 e. The average Bonchev–Trinajstić information content (AvgIpc) is 3.51. The van der Waals surface area contributed by atoms with Crippen molar-refractivity contribution in [1.29, 1.82) is 0 Å². The maximum atomic E-state index is 13.1. The van der Waals surface area contributed by atoms with E-state index in [0.717, 1.165) is 37.2 Å². The van der Waals surface area contributed by atoms with Crippen LogP contribution >= 0.6 is 0 Å². The number of rotatable bonds is 8. The Balaban J connectivity index is 1.43. The van der Waals surface area contributed by atoms with Crippen molar-refractivity contribution in [1.82, 2.24) is 15.0 Å². The molecular formula is C29H32N8O2. The molecule has 1 aliphatic heterocycles. The molecule has 3 heterocycles. The van der Waals surface area contributed by atoms with E-state index in [4.69, 9.17) is 11.5 Å². The average molecular weight is 525 g/mol. The molecule has 0 bridgehead atoms. The van der Waals surface area contributed by atoms with Crippen molar-refractivity contribution in [3.8, 4) is 0 Å². The molecule has 1 unspecified atom stereocenters. The van der Waals surface area contributed by atoms with E-state index in [1.165, 1.54) is 6.33 Å². The number of aromatic nitrogens is 3. The summed E-state index contributed by atoms with van der Waals surface area (Å²) in [5.41, 5.74) is 15.0. The number of likely N-dealkylation sites (N-methyl/N-ethyl adjacent to an activating group) is 1.